The van der Waals surface area contributed by atoms with Gasteiger partial charge in [0.2, 0.25) is 5.95 Å². The van der Waals surface area contributed by atoms with Gasteiger partial charge in [-0.2, -0.15) is 4.98 Å². The van der Waals surface area contributed by atoms with Crippen LogP contribution < -0.4 is 15.5 Å². The molecule has 188 valence electrons. The van der Waals surface area contributed by atoms with Gasteiger partial charge >= 0.3 is 0 Å². The SMILES string of the molecule is CN(C)c1nc(NC2CCC(NC(=O)c3ccccc3Cc3ccccc3)CC2)nc2c1CCCC2. The van der Waals surface area contributed by atoms with Crippen LogP contribution in [0.5, 0.6) is 0 Å². The summed E-state index contributed by atoms with van der Waals surface area (Å²) in [6, 6.07) is 18.8. The van der Waals surface area contributed by atoms with Crippen LogP contribution in [0.4, 0.5) is 11.8 Å². The number of fused-ring (bicyclic) bond motifs is 1. The normalized spacial score (nSPS) is 19.3. The van der Waals surface area contributed by atoms with Crippen LogP contribution >= 0.6 is 0 Å². The number of rotatable bonds is 7. The van der Waals surface area contributed by atoms with Gasteiger partial charge in [0, 0.05) is 37.3 Å². The zero-order chi connectivity index (χ0) is 24.9. The zero-order valence-electron chi connectivity index (χ0n) is 21.5. The maximum absolute atomic E-state index is 13.2. The maximum Gasteiger partial charge on any atom is 0.251 e. The number of aryl methyl sites for hydroxylation is 1. The standard InChI is InChI=1S/C30H37N5O/c1-35(2)28-26-14-8-9-15-27(26)33-30(34-28)32-24-18-16-23(17-19-24)31-29(36)25-13-7-6-12-22(25)20-21-10-4-3-5-11-21/h3-7,10-13,23-24H,8-9,14-20H2,1-2H3,(H,31,36)(H,32,33,34). The second-order valence-corrected chi connectivity index (χ2v) is 10.4. The van der Waals surface area contributed by atoms with Crippen molar-refractivity contribution in [3.63, 3.8) is 0 Å². The summed E-state index contributed by atoms with van der Waals surface area (Å²) in [5, 5.41) is 6.91. The van der Waals surface area contributed by atoms with Crippen LogP contribution in [-0.2, 0) is 19.3 Å². The third-order valence-corrected chi connectivity index (χ3v) is 7.48. The van der Waals surface area contributed by atoms with Gasteiger partial charge in [-0.25, -0.2) is 4.98 Å². The Morgan fingerprint density at radius 2 is 1.58 bits per heavy atom. The lowest BCUT2D eigenvalue weighted by Crippen LogP contribution is -2.40. The molecule has 2 aliphatic rings. The smallest absolute Gasteiger partial charge is 0.251 e. The second-order valence-electron chi connectivity index (χ2n) is 10.4. The third-order valence-electron chi connectivity index (χ3n) is 7.48. The summed E-state index contributed by atoms with van der Waals surface area (Å²) < 4.78 is 0. The molecule has 0 saturated heterocycles. The van der Waals surface area contributed by atoms with Crippen LogP contribution in [0.25, 0.3) is 0 Å². The largest absolute Gasteiger partial charge is 0.362 e. The Bertz CT molecular complexity index is 1190. The molecule has 5 rings (SSSR count). The van der Waals surface area contributed by atoms with Crippen LogP contribution in [0.1, 0.15) is 71.3 Å². The molecule has 2 aliphatic carbocycles. The lowest BCUT2D eigenvalue weighted by atomic mass is 9.90. The molecule has 0 bridgehead atoms. The molecule has 0 spiro atoms. The minimum Gasteiger partial charge on any atom is -0.362 e. The molecule has 1 heterocycles. The monoisotopic (exact) mass is 483 g/mol. The van der Waals surface area contributed by atoms with Crippen molar-refractivity contribution in [2.24, 2.45) is 0 Å². The summed E-state index contributed by atoms with van der Waals surface area (Å²) in [5.74, 6) is 1.84. The highest BCUT2D eigenvalue weighted by molar-refractivity contribution is 5.96. The van der Waals surface area contributed by atoms with Crippen LogP contribution in [-0.4, -0.2) is 42.1 Å². The van der Waals surface area contributed by atoms with Gasteiger partial charge in [-0.15, -0.1) is 0 Å². The average Bonchev–Trinajstić information content (AvgIpc) is 2.90. The summed E-state index contributed by atoms with van der Waals surface area (Å²) in [4.78, 5) is 25.0. The van der Waals surface area contributed by atoms with E-state index in [0.29, 0.717) is 6.04 Å². The van der Waals surface area contributed by atoms with E-state index in [9.17, 15) is 4.79 Å². The number of benzene rings is 2. The van der Waals surface area contributed by atoms with E-state index >= 15 is 0 Å². The molecule has 6 heteroatoms. The Morgan fingerprint density at radius 1 is 0.889 bits per heavy atom. The topological polar surface area (TPSA) is 70.2 Å². The summed E-state index contributed by atoms with van der Waals surface area (Å²) in [6.07, 6.45) is 9.19. The first kappa shape index (κ1) is 24.3. The number of hydrogen-bond acceptors (Lipinski definition) is 5. The molecule has 1 aromatic heterocycles. The minimum absolute atomic E-state index is 0.0339. The van der Waals surface area contributed by atoms with E-state index in [-0.39, 0.29) is 11.9 Å². The fraction of sp³-hybridized carbons (Fsp3) is 0.433. The van der Waals surface area contributed by atoms with Gasteiger partial charge in [0.25, 0.3) is 5.91 Å². The Hall–Kier alpha value is -3.41. The molecule has 1 amide bonds. The van der Waals surface area contributed by atoms with Crippen molar-refractivity contribution >= 4 is 17.7 Å². The number of nitrogens with one attached hydrogen (secondary N) is 2. The first-order valence-corrected chi connectivity index (χ1v) is 13.3. The van der Waals surface area contributed by atoms with E-state index in [1.807, 2.05) is 36.4 Å². The fourth-order valence-electron chi connectivity index (χ4n) is 5.55. The van der Waals surface area contributed by atoms with Gasteiger partial charge in [-0.3, -0.25) is 4.79 Å². The summed E-state index contributed by atoms with van der Waals surface area (Å²) in [6.45, 7) is 0. The number of carbonyl (C=O) groups excluding carboxylic acids is 1. The first-order chi connectivity index (χ1) is 17.6. The molecule has 2 N–H and O–H groups in total. The highest BCUT2D eigenvalue weighted by Crippen LogP contribution is 2.29. The molecular formula is C30H37N5O. The van der Waals surface area contributed by atoms with E-state index in [1.165, 1.54) is 29.7 Å². The number of hydrogen-bond donors (Lipinski definition) is 2. The first-order valence-electron chi connectivity index (χ1n) is 13.3. The summed E-state index contributed by atoms with van der Waals surface area (Å²) >= 11 is 0. The molecule has 3 aromatic rings. The minimum atomic E-state index is 0.0339. The van der Waals surface area contributed by atoms with Crippen LogP contribution in [0, 0.1) is 0 Å². The van der Waals surface area contributed by atoms with Gasteiger partial charge in [0.05, 0.1) is 5.69 Å². The number of nitrogens with zero attached hydrogens (tertiary/aromatic N) is 3. The van der Waals surface area contributed by atoms with E-state index in [2.05, 4.69) is 47.8 Å². The van der Waals surface area contributed by atoms with Crippen molar-refractivity contribution < 1.29 is 4.79 Å². The van der Waals surface area contributed by atoms with E-state index in [1.54, 1.807) is 0 Å². The number of aromatic nitrogens is 2. The second kappa shape index (κ2) is 11.1. The molecule has 0 atom stereocenters. The molecule has 36 heavy (non-hydrogen) atoms. The van der Waals surface area contributed by atoms with Crippen molar-refractivity contribution in [3.8, 4) is 0 Å². The van der Waals surface area contributed by atoms with Gasteiger partial charge in [0.1, 0.15) is 5.82 Å². The molecule has 0 aliphatic heterocycles. The predicted octanol–water partition coefficient (Wildman–Crippen LogP) is 5.17. The maximum atomic E-state index is 13.2. The summed E-state index contributed by atoms with van der Waals surface area (Å²) in [5.41, 5.74) is 5.58. The van der Waals surface area contributed by atoms with Gasteiger partial charge in [-0.05, 0) is 75.0 Å². The molecule has 1 fully saturated rings. The van der Waals surface area contributed by atoms with Crippen molar-refractivity contribution in [2.75, 3.05) is 24.3 Å². The Labute approximate surface area is 214 Å². The van der Waals surface area contributed by atoms with Gasteiger partial charge in [-0.1, -0.05) is 48.5 Å². The molecule has 1 saturated carbocycles. The van der Waals surface area contributed by atoms with Crippen LogP contribution in [0.15, 0.2) is 54.6 Å². The van der Waals surface area contributed by atoms with Crippen molar-refractivity contribution in [2.45, 2.75) is 69.9 Å². The lowest BCUT2D eigenvalue weighted by molar-refractivity contribution is 0.0925. The highest BCUT2D eigenvalue weighted by atomic mass is 16.1. The van der Waals surface area contributed by atoms with Crippen LogP contribution in [0.2, 0.25) is 0 Å². The van der Waals surface area contributed by atoms with E-state index in [4.69, 9.17) is 9.97 Å². The predicted molar refractivity (Wildman–Crippen MR) is 146 cm³/mol. The fourth-order valence-corrected chi connectivity index (χ4v) is 5.55. The van der Waals surface area contributed by atoms with E-state index in [0.717, 1.165) is 67.8 Å². The van der Waals surface area contributed by atoms with Crippen molar-refractivity contribution in [1.29, 1.82) is 0 Å². The number of anilines is 2. The quantitative estimate of drug-likeness (QED) is 0.485. The van der Waals surface area contributed by atoms with Crippen molar-refractivity contribution in [3.05, 3.63) is 82.5 Å². The summed E-state index contributed by atoms with van der Waals surface area (Å²) in [7, 11) is 4.12. The molecule has 0 radical (unpaired) electrons. The molecular weight excluding hydrogens is 446 g/mol. The molecule has 2 aromatic carbocycles. The lowest BCUT2D eigenvalue weighted by Gasteiger charge is -2.30. The number of carbonyl (C=O) groups is 1. The van der Waals surface area contributed by atoms with Crippen molar-refractivity contribution in [1.82, 2.24) is 15.3 Å². The highest BCUT2D eigenvalue weighted by Gasteiger charge is 2.25. The number of amides is 1. The Kier molecular flexibility index (Phi) is 7.49. The molecule has 6 nitrogen and oxygen atoms in total. The third kappa shape index (κ3) is 5.69. The van der Waals surface area contributed by atoms with Crippen LogP contribution in [0.3, 0.4) is 0 Å². The Morgan fingerprint density at radius 3 is 2.36 bits per heavy atom. The van der Waals surface area contributed by atoms with Gasteiger partial charge in [0.15, 0.2) is 0 Å². The average molecular weight is 484 g/mol. The molecule has 0 unspecified atom stereocenters. The Balaban J connectivity index is 1.18. The zero-order valence-corrected chi connectivity index (χ0v) is 21.5. The van der Waals surface area contributed by atoms with Gasteiger partial charge < -0.3 is 15.5 Å². The van der Waals surface area contributed by atoms with E-state index < -0.39 is 0 Å².